The van der Waals surface area contributed by atoms with Gasteiger partial charge >= 0.3 is 0 Å². The van der Waals surface area contributed by atoms with Crippen molar-refractivity contribution in [2.75, 3.05) is 13.7 Å². The number of hydrogen-bond acceptors (Lipinski definition) is 2. The molecule has 0 saturated heterocycles. The number of methoxy groups -OCH3 is 1. The largest absolute Gasteiger partial charge is 0.497 e. The van der Waals surface area contributed by atoms with E-state index < -0.39 is 0 Å². The summed E-state index contributed by atoms with van der Waals surface area (Å²) < 4.78 is 5.26. The average molecular weight is 243 g/mol. The molecule has 1 aromatic rings. The van der Waals surface area contributed by atoms with E-state index in [1.165, 1.54) is 16.7 Å². The van der Waals surface area contributed by atoms with Gasteiger partial charge < -0.3 is 10.1 Å². The zero-order chi connectivity index (χ0) is 12.5. The Morgan fingerprint density at radius 3 is 3.06 bits per heavy atom. The number of carbonyl (C=O) groups is 1. The van der Waals surface area contributed by atoms with E-state index >= 15 is 0 Å². The zero-order valence-corrected chi connectivity index (χ0v) is 10.5. The van der Waals surface area contributed by atoms with Crippen LogP contribution in [-0.2, 0) is 11.2 Å². The SMILES string of the molecule is COc1ccc2c(c1)CCC1CCNC(=O)C=C21. The van der Waals surface area contributed by atoms with Crippen molar-refractivity contribution in [3.8, 4) is 5.75 Å². The Morgan fingerprint density at radius 1 is 1.33 bits per heavy atom. The van der Waals surface area contributed by atoms with Gasteiger partial charge in [-0.15, -0.1) is 0 Å². The third-order valence-corrected chi connectivity index (χ3v) is 3.90. The van der Waals surface area contributed by atoms with Gasteiger partial charge in [-0.1, -0.05) is 6.07 Å². The van der Waals surface area contributed by atoms with Gasteiger partial charge in [0.15, 0.2) is 0 Å². The molecule has 18 heavy (non-hydrogen) atoms. The first-order valence-electron chi connectivity index (χ1n) is 6.44. The van der Waals surface area contributed by atoms with E-state index in [9.17, 15) is 4.79 Å². The highest BCUT2D eigenvalue weighted by Gasteiger charge is 2.26. The highest BCUT2D eigenvalue weighted by Crippen LogP contribution is 2.39. The number of aryl methyl sites for hydroxylation is 1. The predicted octanol–water partition coefficient (Wildman–Crippen LogP) is 2.16. The summed E-state index contributed by atoms with van der Waals surface area (Å²) >= 11 is 0. The van der Waals surface area contributed by atoms with E-state index in [1.54, 1.807) is 13.2 Å². The molecule has 1 unspecified atom stereocenters. The highest BCUT2D eigenvalue weighted by molar-refractivity contribution is 5.96. The zero-order valence-electron chi connectivity index (χ0n) is 10.5. The number of fused-ring (bicyclic) bond motifs is 3. The third kappa shape index (κ3) is 1.90. The maximum Gasteiger partial charge on any atom is 0.244 e. The minimum absolute atomic E-state index is 0.0381. The molecule has 2 aliphatic rings. The molecule has 1 amide bonds. The molecule has 0 fully saturated rings. The summed E-state index contributed by atoms with van der Waals surface area (Å²) in [6.07, 6.45) is 5.02. The minimum atomic E-state index is 0.0381. The third-order valence-electron chi connectivity index (χ3n) is 3.90. The van der Waals surface area contributed by atoms with Crippen LogP contribution in [0.15, 0.2) is 24.3 Å². The summed E-state index contributed by atoms with van der Waals surface area (Å²) in [4.78, 5) is 11.7. The first kappa shape index (κ1) is 11.3. The molecular formula is C15H17NO2. The number of allylic oxidation sites excluding steroid dienone is 1. The number of amides is 1. The molecule has 1 aliphatic carbocycles. The second-order valence-corrected chi connectivity index (χ2v) is 4.94. The molecule has 3 nitrogen and oxygen atoms in total. The normalized spacial score (nSPS) is 22.2. The van der Waals surface area contributed by atoms with Gasteiger partial charge in [0.25, 0.3) is 0 Å². The number of ether oxygens (including phenoxy) is 1. The average Bonchev–Trinajstić information content (AvgIpc) is 2.59. The lowest BCUT2D eigenvalue weighted by atomic mass is 9.78. The number of nitrogens with one attached hydrogen (secondary N) is 1. The van der Waals surface area contributed by atoms with Crippen molar-refractivity contribution in [2.45, 2.75) is 19.3 Å². The lowest BCUT2D eigenvalue weighted by molar-refractivity contribution is -0.116. The van der Waals surface area contributed by atoms with Gasteiger partial charge in [0.05, 0.1) is 7.11 Å². The van der Waals surface area contributed by atoms with Gasteiger partial charge in [0.2, 0.25) is 5.91 Å². The van der Waals surface area contributed by atoms with Gasteiger partial charge in [-0.05, 0) is 54.0 Å². The van der Waals surface area contributed by atoms with E-state index in [1.807, 2.05) is 6.07 Å². The molecule has 0 radical (unpaired) electrons. The second kappa shape index (κ2) is 4.48. The van der Waals surface area contributed by atoms with Crippen molar-refractivity contribution in [3.63, 3.8) is 0 Å². The molecule has 1 N–H and O–H groups in total. The van der Waals surface area contributed by atoms with Gasteiger partial charge in [-0.25, -0.2) is 0 Å². The Labute approximate surface area is 107 Å². The summed E-state index contributed by atoms with van der Waals surface area (Å²) in [7, 11) is 1.69. The Balaban J connectivity index is 2.06. The van der Waals surface area contributed by atoms with Crippen LogP contribution in [0.2, 0.25) is 0 Å². The molecule has 94 valence electrons. The van der Waals surface area contributed by atoms with Crippen molar-refractivity contribution in [2.24, 2.45) is 5.92 Å². The Hall–Kier alpha value is -1.77. The predicted molar refractivity (Wildman–Crippen MR) is 70.4 cm³/mol. The van der Waals surface area contributed by atoms with Gasteiger partial charge in [0, 0.05) is 12.6 Å². The molecule has 1 heterocycles. The molecule has 3 heteroatoms. The van der Waals surface area contributed by atoms with E-state index in [4.69, 9.17) is 4.74 Å². The minimum Gasteiger partial charge on any atom is -0.497 e. The van der Waals surface area contributed by atoms with Crippen LogP contribution in [-0.4, -0.2) is 19.6 Å². The maximum absolute atomic E-state index is 11.7. The summed E-state index contributed by atoms with van der Waals surface area (Å²) in [5, 5.41) is 2.91. The van der Waals surface area contributed by atoms with Crippen LogP contribution in [0.1, 0.15) is 24.0 Å². The van der Waals surface area contributed by atoms with Crippen LogP contribution < -0.4 is 10.1 Å². The first-order valence-corrected chi connectivity index (χ1v) is 6.44. The van der Waals surface area contributed by atoms with Crippen molar-refractivity contribution in [1.82, 2.24) is 5.32 Å². The van der Waals surface area contributed by atoms with Crippen molar-refractivity contribution in [3.05, 3.63) is 35.4 Å². The standard InChI is InChI=1S/C15H17NO2/c1-18-12-4-5-13-11(8-12)3-2-10-6-7-16-15(17)9-14(10)13/h4-5,8-10H,2-3,6-7H2,1H3,(H,16,17). The van der Waals surface area contributed by atoms with Crippen LogP contribution in [0.25, 0.3) is 5.57 Å². The fourth-order valence-corrected chi connectivity index (χ4v) is 2.95. The van der Waals surface area contributed by atoms with Crippen LogP contribution >= 0.6 is 0 Å². The van der Waals surface area contributed by atoms with Gasteiger partial charge in [0.1, 0.15) is 5.75 Å². The second-order valence-electron chi connectivity index (χ2n) is 4.94. The molecule has 0 saturated carbocycles. The highest BCUT2D eigenvalue weighted by atomic mass is 16.5. The first-order chi connectivity index (χ1) is 8.78. The molecule has 1 atom stereocenters. The molecule has 3 rings (SSSR count). The van der Waals surface area contributed by atoms with Gasteiger partial charge in [-0.3, -0.25) is 4.79 Å². The number of rotatable bonds is 1. The Morgan fingerprint density at radius 2 is 2.22 bits per heavy atom. The molecule has 0 spiro atoms. The topological polar surface area (TPSA) is 38.3 Å². The van der Waals surface area contributed by atoms with Crippen LogP contribution in [0, 0.1) is 5.92 Å². The maximum atomic E-state index is 11.7. The monoisotopic (exact) mass is 243 g/mol. The van der Waals surface area contributed by atoms with E-state index in [-0.39, 0.29) is 5.91 Å². The number of hydrogen-bond donors (Lipinski definition) is 1. The van der Waals surface area contributed by atoms with Crippen molar-refractivity contribution in [1.29, 1.82) is 0 Å². The van der Waals surface area contributed by atoms with Crippen LogP contribution in [0.5, 0.6) is 5.75 Å². The molecular weight excluding hydrogens is 226 g/mol. The fourth-order valence-electron chi connectivity index (χ4n) is 2.95. The Kier molecular flexibility index (Phi) is 2.82. The van der Waals surface area contributed by atoms with E-state index in [2.05, 4.69) is 17.4 Å². The summed E-state index contributed by atoms with van der Waals surface area (Å²) in [5.41, 5.74) is 3.73. The Bertz CT molecular complexity index is 519. The quantitative estimate of drug-likeness (QED) is 0.821. The number of carbonyl (C=O) groups excluding carboxylic acids is 1. The van der Waals surface area contributed by atoms with E-state index in [0.717, 1.165) is 31.6 Å². The smallest absolute Gasteiger partial charge is 0.244 e. The lowest BCUT2D eigenvalue weighted by Gasteiger charge is -2.26. The number of benzene rings is 1. The molecule has 0 bridgehead atoms. The molecule has 0 aromatic heterocycles. The summed E-state index contributed by atoms with van der Waals surface area (Å²) in [5.74, 6) is 1.45. The van der Waals surface area contributed by atoms with Crippen molar-refractivity contribution >= 4 is 11.5 Å². The van der Waals surface area contributed by atoms with Crippen LogP contribution in [0.4, 0.5) is 0 Å². The van der Waals surface area contributed by atoms with E-state index in [0.29, 0.717) is 5.92 Å². The lowest BCUT2D eigenvalue weighted by Crippen LogP contribution is -2.21. The van der Waals surface area contributed by atoms with Gasteiger partial charge in [-0.2, -0.15) is 0 Å². The fraction of sp³-hybridized carbons (Fsp3) is 0.400. The van der Waals surface area contributed by atoms with Crippen molar-refractivity contribution < 1.29 is 9.53 Å². The molecule has 1 aromatic carbocycles. The van der Waals surface area contributed by atoms with Crippen LogP contribution in [0.3, 0.4) is 0 Å². The summed E-state index contributed by atoms with van der Waals surface area (Å²) in [6.45, 7) is 0.787. The molecule has 1 aliphatic heterocycles. The summed E-state index contributed by atoms with van der Waals surface area (Å²) in [6, 6.07) is 6.16.